The first-order valence-electron chi connectivity index (χ1n) is 3.67. The maximum absolute atomic E-state index is 5.36. The summed E-state index contributed by atoms with van der Waals surface area (Å²) < 4.78 is 7.39. The van der Waals surface area contributed by atoms with Crippen LogP contribution < -0.4 is 5.73 Å². The van der Waals surface area contributed by atoms with E-state index >= 15 is 0 Å². The Morgan fingerprint density at radius 2 is 2.42 bits per heavy atom. The average Bonchev–Trinajstić information content (AvgIpc) is 2.31. The minimum absolute atomic E-state index is 0.252. The fourth-order valence-corrected chi connectivity index (χ4v) is 1.08. The van der Waals surface area contributed by atoms with E-state index in [1.807, 2.05) is 6.92 Å². The zero-order valence-electron chi connectivity index (χ0n) is 6.83. The Morgan fingerprint density at radius 3 is 2.92 bits per heavy atom. The predicted octanol–water partition coefficient (Wildman–Crippen LogP) is 1.01. The van der Waals surface area contributed by atoms with Crippen molar-refractivity contribution in [1.29, 1.82) is 0 Å². The van der Waals surface area contributed by atoms with Crippen LogP contribution in [0.4, 0.5) is 5.95 Å². The van der Waals surface area contributed by atoms with E-state index in [9.17, 15) is 0 Å². The first kappa shape index (κ1) is 9.47. The second kappa shape index (κ2) is 4.42. The molecule has 0 radical (unpaired) electrons. The maximum Gasteiger partial charge on any atom is 0.240 e. The number of ether oxygens (including phenoxy) is 1. The van der Waals surface area contributed by atoms with Crippen molar-refractivity contribution in [2.75, 3.05) is 12.3 Å². The highest BCUT2D eigenvalue weighted by Gasteiger charge is 2.02. The van der Waals surface area contributed by atoms with E-state index in [1.54, 1.807) is 4.68 Å². The predicted molar refractivity (Wildman–Crippen MR) is 48.4 cm³/mol. The van der Waals surface area contributed by atoms with Crippen LogP contribution in [0.15, 0.2) is 4.73 Å². The van der Waals surface area contributed by atoms with E-state index in [0.717, 1.165) is 6.42 Å². The molecule has 0 saturated carbocycles. The number of nitrogen functional groups attached to an aromatic ring is 1. The van der Waals surface area contributed by atoms with Gasteiger partial charge in [0.05, 0.1) is 0 Å². The summed E-state index contributed by atoms with van der Waals surface area (Å²) >= 11 is 3.20. The van der Waals surface area contributed by atoms with Gasteiger partial charge in [0.15, 0.2) is 4.73 Å². The highest BCUT2D eigenvalue weighted by atomic mass is 79.9. The molecule has 5 nitrogen and oxygen atoms in total. The van der Waals surface area contributed by atoms with Gasteiger partial charge in [-0.1, -0.05) is 6.92 Å². The molecule has 0 unspecified atom stereocenters. The van der Waals surface area contributed by atoms with Gasteiger partial charge in [0.1, 0.15) is 6.73 Å². The molecule has 0 bridgehead atoms. The Bertz CT molecular complexity index is 250. The Morgan fingerprint density at radius 1 is 1.67 bits per heavy atom. The van der Waals surface area contributed by atoms with Crippen LogP contribution in [0, 0.1) is 0 Å². The third-order valence-corrected chi connectivity index (χ3v) is 1.79. The maximum atomic E-state index is 5.36. The van der Waals surface area contributed by atoms with E-state index in [1.165, 1.54) is 0 Å². The third-order valence-electron chi connectivity index (χ3n) is 1.20. The fourth-order valence-electron chi connectivity index (χ4n) is 0.717. The van der Waals surface area contributed by atoms with Crippen molar-refractivity contribution < 1.29 is 4.74 Å². The highest BCUT2D eigenvalue weighted by Crippen LogP contribution is 2.07. The molecule has 6 heteroatoms. The van der Waals surface area contributed by atoms with Crippen LogP contribution in [0.25, 0.3) is 0 Å². The van der Waals surface area contributed by atoms with Gasteiger partial charge in [-0.2, -0.15) is 4.98 Å². The molecular formula is C6H11BrN4O. The lowest BCUT2D eigenvalue weighted by Crippen LogP contribution is -2.05. The molecule has 0 saturated heterocycles. The van der Waals surface area contributed by atoms with Crippen molar-refractivity contribution in [3.63, 3.8) is 0 Å². The van der Waals surface area contributed by atoms with Crippen LogP contribution in [0.2, 0.25) is 0 Å². The first-order valence-corrected chi connectivity index (χ1v) is 4.47. The molecule has 1 aromatic rings. The van der Waals surface area contributed by atoms with E-state index in [4.69, 9.17) is 10.5 Å². The van der Waals surface area contributed by atoms with Gasteiger partial charge in [0.25, 0.3) is 0 Å². The molecular weight excluding hydrogens is 224 g/mol. The summed E-state index contributed by atoms with van der Waals surface area (Å²) in [6.07, 6.45) is 0.988. The van der Waals surface area contributed by atoms with Crippen molar-refractivity contribution >= 4 is 21.9 Å². The van der Waals surface area contributed by atoms with Crippen LogP contribution in [0.3, 0.4) is 0 Å². The summed E-state index contributed by atoms with van der Waals surface area (Å²) in [5, 5.41) is 3.89. The highest BCUT2D eigenvalue weighted by molar-refractivity contribution is 9.10. The molecule has 0 aliphatic carbocycles. The lowest BCUT2D eigenvalue weighted by Gasteiger charge is -2.01. The molecule has 0 amide bonds. The standard InChI is InChI=1S/C6H11BrN4O/c1-2-3-12-4-11-5(7)9-6(8)10-11/h2-4H2,1H3,(H2,8,10). The van der Waals surface area contributed by atoms with E-state index < -0.39 is 0 Å². The molecule has 68 valence electrons. The lowest BCUT2D eigenvalue weighted by molar-refractivity contribution is 0.0676. The van der Waals surface area contributed by atoms with Gasteiger partial charge in [0, 0.05) is 6.61 Å². The Labute approximate surface area is 79.0 Å². The normalized spacial score (nSPS) is 10.5. The molecule has 1 rings (SSSR count). The van der Waals surface area contributed by atoms with Gasteiger partial charge in [-0.15, -0.1) is 5.10 Å². The molecule has 1 heterocycles. The summed E-state index contributed by atoms with van der Waals surface area (Å²) in [5.41, 5.74) is 5.36. The fraction of sp³-hybridized carbons (Fsp3) is 0.667. The number of rotatable bonds is 4. The largest absolute Gasteiger partial charge is 0.366 e. The number of nitrogens with zero attached hydrogens (tertiary/aromatic N) is 3. The second-order valence-electron chi connectivity index (χ2n) is 2.28. The zero-order valence-corrected chi connectivity index (χ0v) is 8.41. The lowest BCUT2D eigenvalue weighted by atomic mass is 10.5. The molecule has 0 aliphatic rings. The quantitative estimate of drug-likeness (QED) is 0.791. The van der Waals surface area contributed by atoms with E-state index in [0.29, 0.717) is 18.1 Å². The van der Waals surface area contributed by atoms with Crippen LogP contribution in [0.1, 0.15) is 13.3 Å². The smallest absolute Gasteiger partial charge is 0.240 e. The van der Waals surface area contributed by atoms with Crippen molar-refractivity contribution in [2.24, 2.45) is 0 Å². The SMILES string of the molecule is CCCOCn1nc(N)nc1Br. The summed E-state index contributed by atoms with van der Waals surface area (Å²) in [4.78, 5) is 3.86. The van der Waals surface area contributed by atoms with Crippen LogP contribution >= 0.6 is 15.9 Å². The van der Waals surface area contributed by atoms with Gasteiger partial charge in [0.2, 0.25) is 5.95 Å². The van der Waals surface area contributed by atoms with Gasteiger partial charge in [-0.05, 0) is 22.4 Å². The topological polar surface area (TPSA) is 66.0 Å². The Balaban J connectivity index is 2.45. The third kappa shape index (κ3) is 2.46. The number of anilines is 1. The Hall–Kier alpha value is -0.620. The Kier molecular flexibility index (Phi) is 3.48. The molecule has 0 spiro atoms. The van der Waals surface area contributed by atoms with Gasteiger partial charge < -0.3 is 10.5 Å². The van der Waals surface area contributed by atoms with Crippen LogP contribution in [-0.2, 0) is 11.5 Å². The van der Waals surface area contributed by atoms with Crippen molar-refractivity contribution in [1.82, 2.24) is 14.8 Å². The number of halogens is 1. The molecule has 1 aromatic heterocycles. The summed E-state index contributed by atoms with van der Waals surface area (Å²) in [5.74, 6) is 0.252. The van der Waals surface area contributed by atoms with Crippen molar-refractivity contribution in [3.05, 3.63) is 4.73 Å². The number of aromatic nitrogens is 3. The van der Waals surface area contributed by atoms with Gasteiger partial charge >= 0.3 is 0 Å². The van der Waals surface area contributed by atoms with Crippen molar-refractivity contribution in [3.8, 4) is 0 Å². The molecule has 0 aromatic carbocycles. The molecule has 0 fully saturated rings. The van der Waals surface area contributed by atoms with Crippen LogP contribution in [-0.4, -0.2) is 21.4 Å². The van der Waals surface area contributed by atoms with Gasteiger partial charge in [-0.3, -0.25) is 0 Å². The first-order chi connectivity index (χ1) is 5.74. The number of hydrogen-bond donors (Lipinski definition) is 1. The average molecular weight is 235 g/mol. The van der Waals surface area contributed by atoms with E-state index in [2.05, 4.69) is 26.0 Å². The molecule has 12 heavy (non-hydrogen) atoms. The van der Waals surface area contributed by atoms with Gasteiger partial charge in [-0.25, -0.2) is 4.68 Å². The van der Waals surface area contributed by atoms with Crippen LogP contribution in [0.5, 0.6) is 0 Å². The molecule has 2 N–H and O–H groups in total. The second-order valence-corrected chi connectivity index (χ2v) is 2.99. The van der Waals surface area contributed by atoms with Crippen molar-refractivity contribution in [2.45, 2.75) is 20.1 Å². The number of nitrogens with two attached hydrogens (primary N) is 1. The minimum atomic E-state index is 0.252. The monoisotopic (exact) mass is 234 g/mol. The zero-order chi connectivity index (χ0) is 8.97. The summed E-state index contributed by atoms with van der Waals surface area (Å²) in [7, 11) is 0. The van der Waals surface area contributed by atoms with E-state index in [-0.39, 0.29) is 5.95 Å². The number of hydrogen-bond acceptors (Lipinski definition) is 4. The summed E-state index contributed by atoms with van der Waals surface area (Å²) in [6.45, 7) is 3.15. The molecule has 0 aliphatic heterocycles. The minimum Gasteiger partial charge on any atom is -0.366 e. The summed E-state index contributed by atoms with van der Waals surface area (Å²) in [6, 6.07) is 0. The molecule has 0 atom stereocenters.